The highest BCUT2D eigenvalue weighted by atomic mass is 127. The van der Waals surface area contributed by atoms with Gasteiger partial charge in [-0.05, 0) is 37.7 Å². The van der Waals surface area contributed by atoms with Crippen LogP contribution in [0.3, 0.4) is 0 Å². The van der Waals surface area contributed by atoms with Gasteiger partial charge in [0.1, 0.15) is 11.6 Å². The van der Waals surface area contributed by atoms with E-state index in [-0.39, 0.29) is 36.1 Å². The van der Waals surface area contributed by atoms with Crippen molar-refractivity contribution in [3.05, 3.63) is 35.4 Å². The predicted molar refractivity (Wildman–Crippen MR) is 102 cm³/mol. The number of guanidine groups is 1. The monoisotopic (exact) mass is 440 g/mol. The standard InChI is InChI=1S/C16H26F2N4.HI/c1-4-9-22(5-2)10-8-20-16(19-3)21-12-13-11-14(17)6-7-15(13)18;/h6-7,11H,4-5,8-10,12H2,1-3H3,(H2,19,20,21);1H. The van der Waals surface area contributed by atoms with Crippen molar-refractivity contribution in [2.75, 3.05) is 33.2 Å². The minimum absolute atomic E-state index is 0. The molecule has 0 spiro atoms. The summed E-state index contributed by atoms with van der Waals surface area (Å²) in [4.78, 5) is 6.42. The Hall–Kier alpha value is -0.960. The van der Waals surface area contributed by atoms with Gasteiger partial charge in [0, 0.05) is 32.2 Å². The zero-order valence-corrected chi connectivity index (χ0v) is 16.4. The van der Waals surface area contributed by atoms with Crippen LogP contribution in [0.4, 0.5) is 8.78 Å². The number of likely N-dealkylation sites (N-methyl/N-ethyl adjacent to an activating group) is 1. The lowest BCUT2D eigenvalue weighted by atomic mass is 10.2. The van der Waals surface area contributed by atoms with Crippen molar-refractivity contribution in [2.45, 2.75) is 26.8 Å². The molecule has 132 valence electrons. The molecule has 0 aliphatic rings. The van der Waals surface area contributed by atoms with E-state index in [1.807, 2.05) is 0 Å². The van der Waals surface area contributed by atoms with Crippen molar-refractivity contribution in [1.82, 2.24) is 15.5 Å². The highest BCUT2D eigenvalue weighted by Gasteiger charge is 2.06. The van der Waals surface area contributed by atoms with Crippen LogP contribution >= 0.6 is 24.0 Å². The highest BCUT2D eigenvalue weighted by molar-refractivity contribution is 14.0. The third-order valence-corrected chi connectivity index (χ3v) is 3.39. The fourth-order valence-electron chi connectivity index (χ4n) is 2.16. The number of aliphatic imine (C=N–C) groups is 1. The van der Waals surface area contributed by atoms with Gasteiger partial charge in [0.15, 0.2) is 5.96 Å². The van der Waals surface area contributed by atoms with E-state index in [2.05, 4.69) is 34.4 Å². The molecule has 4 nitrogen and oxygen atoms in total. The Morgan fingerprint density at radius 2 is 1.91 bits per heavy atom. The minimum atomic E-state index is -0.445. The molecule has 0 amide bonds. The van der Waals surface area contributed by atoms with E-state index in [1.165, 1.54) is 6.07 Å². The maximum absolute atomic E-state index is 13.5. The summed E-state index contributed by atoms with van der Waals surface area (Å²) in [5, 5.41) is 6.17. The number of hydrogen-bond acceptors (Lipinski definition) is 2. The molecule has 0 radical (unpaired) electrons. The van der Waals surface area contributed by atoms with Gasteiger partial charge in [-0.3, -0.25) is 4.99 Å². The number of nitrogens with one attached hydrogen (secondary N) is 2. The zero-order chi connectivity index (χ0) is 16.4. The van der Waals surface area contributed by atoms with Crippen LogP contribution in [-0.2, 0) is 6.54 Å². The third kappa shape index (κ3) is 8.45. The Kier molecular flexibility index (Phi) is 11.9. The molecule has 0 aliphatic heterocycles. The van der Waals surface area contributed by atoms with E-state index in [0.29, 0.717) is 5.96 Å². The summed E-state index contributed by atoms with van der Waals surface area (Å²) >= 11 is 0. The summed E-state index contributed by atoms with van der Waals surface area (Å²) in [6.07, 6.45) is 1.12. The lowest BCUT2D eigenvalue weighted by molar-refractivity contribution is 0.293. The van der Waals surface area contributed by atoms with E-state index in [1.54, 1.807) is 7.05 Å². The van der Waals surface area contributed by atoms with E-state index < -0.39 is 11.6 Å². The molecule has 0 atom stereocenters. The van der Waals surface area contributed by atoms with Gasteiger partial charge in [0.05, 0.1) is 0 Å². The van der Waals surface area contributed by atoms with Gasteiger partial charge in [-0.1, -0.05) is 13.8 Å². The van der Waals surface area contributed by atoms with E-state index in [4.69, 9.17) is 0 Å². The summed E-state index contributed by atoms with van der Waals surface area (Å²) in [7, 11) is 1.65. The molecule has 0 unspecified atom stereocenters. The van der Waals surface area contributed by atoms with Gasteiger partial charge in [0.2, 0.25) is 0 Å². The number of rotatable bonds is 8. The van der Waals surface area contributed by atoms with Gasteiger partial charge in [-0.15, -0.1) is 24.0 Å². The van der Waals surface area contributed by atoms with Gasteiger partial charge in [0.25, 0.3) is 0 Å². The molecule has 0 saturated heterocycles. The summed E-state index contributed by atoms with van der Waals surface area (Å²) < 4.78 is 26.6. The van der Waals surface area contributed by atoms with E-state index in [9.17, 15) is 8.78 Å². The van der Waals surface area contributed by atoms with Crippen LogP contribution in [0.25, 0.3) is 0 Å². The first kappa shape index (κ1) is 22.0. The second-order valence-corrected chi connectivity index (χ2v) is 5.02. The molecule has 0 bridgehead atoms. The summed E-state index contributed by atoms with van der Waals surface area (Å²) in [6.45, 7) is 8.22. The fraction of sp³-hybridized carbons (Fsp3) is 0.562. The van der Waals surface area contributed by atoms with Crippen LogP contribution in [0.1, 0.15) is 25.8 Å². The van der Waals surface area contributed by atoms with Crippen LogP contribution in [-0.4, -0.2) is 44.1 Å². The third-order valence-electron chi connectivity index (χ3n) is 3.39. The predicted octanol–water partition coefficient (Wildman–Crippen LogP) is 2.98. The Balaban J connectivity index is 0.00000484. The smallest absolute Gasteiger partial charge is 0.191 e. The molecule has 7 heteroatoms. The van der Waals surface area contributed by atoms with Crippen molar-refractivity contribution in [3.63, 3.8) is 0 Å². The van der Waals surface area contributed by atoms with Crippen molar-refractivity contribution < 1.29 is 8.78 Å². The van der Waals surface area contributed by atoms with Crippen molar-refractivity contribution in [1.29, 1.82) is 0 Å². The van der Waals surface area contributed by atoms with Crippen molar-refractivity contribution in [3.8, 4) is 0 Å². The summed E-state index contributed by atoms with van der Waals surface area (Å²) in [6, 6.07) is 3.43. The number of hydrogen-bond donors (Lipinski definition) is 2. The molecular weight excluding hydrogens is 413 g/mol. The molecule has 0 saturated carbocycles. The average Bonchev–Trinajstić information content (AvgIpc) is 2.52. The molecular formula is C16H27F2IN4. The molecule has 0 fully saturated rings. The number of benzene rings is 1. The van der Waals surface area contributed by atoms with Crippen molar-refractivity contribution >= 4 is 29.9 Å². The largest absolute Gasteiger partial charge is 0.355 e. The topological polar surface area (TPSA) is 39.7 Å². The molecule has 1 aromatic carbocycles. The Bertz CT molecular complexity index is 483. The molecule has 23 heavy (non-hydrogen) atoms. The van der Waals surface area contributed by atoms with Gasteiger partial charge < -0.3 is 15.5 Å². The molecule has 0 aromatic heterocycles. The van der Waals surface area contributed by atoms with Crippen LogP contribution in [0.15, 0.2) is 23.2 Å². The maximum Gasteiger partial charge on any atom is 0.191 e. The zero-order valence-electron chi connectivity index (χ0n) is 14.0. The first-order valence-electron chi connectivity index (χ1n) is 7.71. The fourth-order valence-corrected chi connectivity index (χ4v) is 2.16. The Labute approximate surface area is 154 Å². The van der Waals surface area contributed by atoms with Gasteiger partial charge >= 0.3 is 0 Å². The lowest BCUT2D eigenvalue weighted by Gasteiger charge is -2.20. The number of nitrogens with zero attached hydrogens (tertiary/aromatic N) is 2. The second-order valence-electron chi connectivity index (χ2n) is 5.02. The highest BCUT2D eigenvalue weighted by Crippen LogP contribution is 2.08. The lowest BCUT2D eigenvalue weighted by Crippen LogP contribution is -2.41. The molecule has 0 aliphatic carbocycles. The van der Waals surface area contributed by atoms with Crippen LogP contribution < -0.4 is 10.6 Å². The Morgan fingerprint density at radius 1 is 1.17 bits per heavy atom. The average molecular weight is 440 g/mol. The molecule has 2 N–H and O–H groups in total. The van der Waals surface area contributed by atoms with E-state index in [0.717, 1.165) is 44.7 Å². The molecule has 1 aromatic rings. The van der Waals surface area contributed by atoms with Crippen molar-refractivity contribution in [2.24, 2.45) is 4.99 Å². The minimum Gasteiger partial charge on any atom is -0.355 e. The quantitative estimate of drug-likeness (QED) is 0.371. The summed E-state index contributed by atoms with van der Waals surface area (Å²) in [5.74, 6) is -0.292. The first-order chi connectivity index (χ1) is 10.6. The Morgan fingerprint density at radius 3 is 2.52 bits per heavy atom. The van der Waals surface area contributed by atoms with Gasteiger partial charge in [-0.25, -0.2) is 8.78 Å². The van der Waals surface area contributed by atoms with E-state index >= 15 is 0 Å². The summed E-state index contributed by atoms with van der Waals surface area (Å²) in [5.41, 5.74) is 0.282. The maximum atomic E-state index is 13.5. The molecule has 1 rings (SSSR count). The second kappa shape index (κ2) is 12.5. The first-order valence-corrected chi connectivity index (χ1v) is 7.71. The van der Waals surface area contributed by atoms with Crippen LogP contribution in [0.2, 0.25) is 0 Å². The SMILES string of the molecule is CCCN(CC)CCNC(=NC)NCc1cc(F)ccc1F.I. The van der Waals surface area contributed by atoms with Crippen LogP contribution in [0, 0.1) is 11.6 Å². The van der Waals surface area contributed by atoms with Gasteiger partial charge in [-0.2, -0.15) is 0 Å². The van der Waals surface area contributed by atoms with Crippen LogP contribution in [0.5, 0.6) is 0 Å². The number of halogens is 3. The molecule has 0 heterocycles. The normalized spacial score (nSPS) is 11.3.